The minimum absolute atomic E-state index is 0.0956. The van der Waals surface area contributed by atoms with Gasteiger partial charge in [0.2, 0.25) is 0 Å². The van der Waals surface area contributed by atoms with Gasteiger partial charge in [0.15, 0.2) is 5.13 Å². The molecule has 186 valence electrons. The Balaban J connectivity index is 1.89. The summed E-state index contributed by atoms with van der Waals surface area (Å²) < 4.78 is 15.5. The van der Waals surface area contributed by atoms with Crippen LogP contribution in [0, 0.1) is 6.92 Å². The zero-order valence-electron chi connectivity index (χ0n) is 20.1. The Hall–Kier alpha value is -4.18. The molecule has 10 heteroatoms. The molecule has 0 saturated carbocycles. The Morgan fingerprint density at radius 1 is 1.06 bits per heavy atom. The summed E-state index contributed by atoms with van der Waals surface area (Å²) in [7, 11) is 2.77. The van der Waals surface area contributed by atoms with E-state index in [0.717, 1.165) is 11.3 Å². The van der Waals surface area contributed by atoms with Gasteiger partial charge in [-0.3, -0.25) is 14.5 Å². The van der Waals surface area contributed by atoms with Crippen molar-refractivity contribution in [3.63, 3.8) is 0 Å². The molecule has 36 heavy (non-hydrogen) atoms. The number of hydrogen-bond donors (Lipinski definition) is 1. The molecular formula is C26H24N2O7S. The molecule has 1 saturated heterocycles. The molecule has 1 aromatic heterocycles. The van der Waals surface area contributed by atoms with Crippen molar-refractivity contribution in [1.29, 1.82) is 0 Å². The smallest absolute Gasteiger partial charge is 0.350 e. The highest BCUT2D eigenvalue weighted by atomic mass is 32.1. The zero-order valence-corrected chi connectivity index (χ0v) is 20.9. The number of nitrogens with zero attached hydrogens (tertiary/aromatic N) is 2. The van der Waals surface area contributed by atoms with Crippen molar-refractivity contribution in [3.05, 3.63) is 75.8 Å². The fraction of sp³-hybridized carbons (Fsp3) is 0.231. The second kappa shape index (κ2) is 10.2. The lowest BCUT2D eigenvalue weighted by Crippen LogP contribution is -2.29. The van der Waals surface area contributed by atoms with E-state index in [2.05, 4.69) is 4.98 Å². The molecule has 9 nitrogen and oxygen atoms in total. The van der Waals surface area contributed by atoms with E-state index >= 15 is 0 Å². The van der Waals surface area contributed by atoms with Gasteiger partial charge in [-0.25, -0.2) is 9.78 Å². The van der Waals surface area contributed by atoms with Crippen LogP contribution in [-0.4, -0.2) is 48.6 Å². The van der Waals surface area contributed by atoms with Crippen LogP contribution in [0.1, 0.15) is 39.5 Å². The van der Waals surface area contributed by atoms with E-state index in [4.69, 9.17) is 14.2 Å². The van der Waals surface area contributed by atoms with Gasteiger partial charge in [-0.1, -0.05) is 23.5 Å². The monoisotopic (exact) mass is 508 g/mol. The summed E-state index contributed by atoms with van der Waals surface area (Å²) in [5.74, 6) is -1.47. The SMILES string of the molecule is CCOc1ccc([C@H]2/C(=C(\O)c3ccc(OC)cc3)C(=O)C(=O)N2c2nc(C)c(C(=O)OC)s2)cc1. The molecule has 0 unspecified atom stereocenters. The lowest BCUT2D eigenvalue weighted by atomic mass is 9.95. The molecule has 1 N–H and O–H groups in total. The summed E-state index contributed by atoms with van der Waals surface area (Å²) in [5, 5.41) is 11.4. The van der Waals surface area contributed by atoms with E-state index in [1.54, 1.807) is 55.5 Å². The van der Waals surface area contributed by atoms with E-state index in [9.17, 15) is 19.5 Å². The highest BCUT2D eigenvalue weighted by molar-refractivity contribution is 7.17. The van der Waals surface area contributed by atoms with Crippen LogP contribution in [0.2, 0.25) is 0 Å². The first-order valence-electron chi connectivity index (χ1n) is 11.0. The Labute approximate surface area is 211 Å². The fourth-order valence-electron chi connectivity index (χ4n) is 3.93. The second-order valence-electron chi connectivity index (χ2n) is 7.80. The Morgan fingerprint density at radius 2 is 1.69 bits per heavy atom. The van der Waals surface area contributed by atoms with Crippen molar-refractivity contribution >= 4 is 39.9 Å². The van der Waals surface area contributed by atoms with Crippen LogP contribution in [0.15, 0.2) is 54.1 Å². The number of carbonyl (C=O) groups excluding carboxylic acids is 3. The average Bonchev–Trinajstić information content (AvgIpc) is 3.40. The summed E-state index contributed by atoms with van der Waals surface area (Å²) in [6, 6.07) is 12.4. The van der Waals surface area contributed by atoms with Crippen LogP contribution in [-0.2, 0) is 14.3 Å². The maximum Gasteiger partial charge on any atom is 0.350 e. The van der Waals surface area contributed by atoms with Crippen molar-refractivity contribution < 1.29 is 33.7 Å². The van der Waals surface area contributed by atoms with Gasteiger partial charge >= 0.3 is 11.9 Å². The third-order valence-corrected chi connectivity index (χ3v) is 6.81. The number of amides is 1. The normalized spacial score (nSPS) is 16.8. The van der Waals surface area contributed by atoms with Crippen LogP contribution >= 0.6 is 11.3 Å². The standard InChI is InChI=1S/C26H24N2O7S/c1-5-35-18-12-6-15(7-13-18)20-19(21(29)16-8-10-17(33-3)11-9-16)22(30)24(31)28(20)26-27-14(2)23(36-26)25(32)34-4/h6-13,20,29H,5H2,1-4H3/b21-19+/t20-/m0/s1. The van der Waals surface area contributed by atoms with Crippen molar-refractivity contribution in [1.82, 2.24) is 4.98 Å². The molecule has 1 aliphatic heterocycles. The molecule has 1 amide bonds. The fourth-order valence-corrected chi connectivity index (χ4v) is 4.94. The van der Waals surface area contributed by atoms with Gasteiger partial charge < -0.3 is 19.3 Å². The number of hydrogen-bond acceptors (Lipinski definition) is 9. The molecule has 1 aliphatic rings. The van der Waals surface area contributed by atoms with Gasteiger partial charge in [0.1, 0.15) is 22.1 Å². The van der Waals surface area contributed by atoms with E-state index < -0.39 is 23.7 Å². The first-order chi connectivity index (χ1) is 17.3. The number of carbonyl (C=O) groups is 3. The molecule has 2 aromatic carbocycles. The molecule has 2 heterocycles. The van der Waals surface area contributed by atoms with Gasteiger partial charge in [-0.05, 0) is 55.8 Å². The molecule has 0 spiro atoms. The number of methoxy groups -OCH3 is 2. The van der Waals surface area contributed by atoms with Gasteiger partial charge in [0.25, 0.3) is 5.78 Å². The number of aliphatic hydroxyl groups excluding tert-OH is 1. The topological polar surface area (TPSA) is 115 Å². The predicted molar refractivity (Wildman–Crippen MR) is 134 cm³/mol. The lowest BCUT2D eigenvalue weighted by molar-refractivity contribution is -0.132. The molecule has 4 rings (SSSR count). The lowest BCUT2D eigenvalue weighted by Gasteiger charge is -2.23. The number of Topliss-reactive ketones (excluding diaryl/α,β-unsaturated/α-hetero) is 1. The van der Waals surface area contributed by atoms with Crippen LogP contribution in [0.4, 0.5) is 5.13 Å². The summed E-state index contributed by atoms with van der Waals surface area (Å²) >= 11 is 0.941. The quantitative estimate of drug-likeness (QED) is 0.218. The van der Waals surface area contributed by atoms with Crippen LogP contribution in [0.5, 0.6) is 11.5 Å². The first kappa shape index (κ1) is 24.9. The Morgan fingerprint density at radius 3 is 2.28 bits per heavy atom. The number of anilines is 1. The number of thiazole rings is 1. The van der Waals surface area contributed by atoms with Gasteiger partial charge in [0, 0.05) is 5.56 Å². The van der Waals surface area contributed by atoms with Gasteiger partial charge in [-0.2, -0.15) is 0 Å². The van der Waals surface area contributed by atoms with Crippen LogP contribution < -0.4 is 14.4 Å². The van der Waals surface area contributed by atoms with Gasteiger partial charge in [-0.15, -0.1) is 0 Å². The number of esters is 1. The van der Waals surface area contributed by atoms with Crippen LogP contribution in [0.25, 0.3) is 5.76 Å². The average molecular weight is 509 g/mol. The molecule has 0 aliphatic carbocycles. The largest absolute Gasteiger partial charge is 0.507 e. The molecule has 0 radical (unpaired) electrons. The summed E-state index contributed by atoms with van der Waals surface area (Å²) in [5.41, 5.74) is 1.17. The minimum atomic E-state index is -0.987. The third-order valence-electron chi connectivity index (χ3n) is 5.68. The maximum atomic E-state index is 13.3. The minimum Gasteiger partial charge on any atom is -0.507 e. The Bertz CT molecular complexity index is 1340. The highest BCUT2D eigenvalue weighted by Gasteiger charge is 2.48. The number of ketones is 1. The first-order valence-corrected chi connectivity index (χ1v) is 11.9. The summed E-state index contributed by atoms with van der Waals surface area (Å²) in [6.07, 6.45) is 0. The van der Waals surface area contributed by atoms with E-state index in [0.29, 0.717) is 34.9 Å². The van der Waals surface area contributed by atoms with E-state index in [-0.39, 0.29) is 21.3 Å². The number of aliphatic hydroxyl groups is 1. The summed E-state index contributed by atoms with van der Waals surface area (Å²) in [4.78, 5) is 44.6. The van der Waals surface area contributed by atoms with E-state index in [1.165, 1.54) is 19.1 Å². The van der Waals surface area contributed by atoms with Gasteiger partial charge in [0.05, 0.1) is 38.1 Å². The van der Waals surface area contributed by atoms with Crippen molar-refractivity contribution in [2.24, 2.45) is 0 Å². The molecule has 3 aromatic rings. The number of ether oxygens (including phenoxy) is 3. The van der Waals surface area contributed by atoms with Crippen molar-refractivity contribution in [2.45, 2.75) is 19.9 Å². The molecular weight excluding hydrogens is 484 g/mol. The zero-order chi connectivity index (χ0) is 26.0. The maximum absolute atomic E-state index is 13.3. The number of rotatable bonds is 7. The highest BCUT2D eigenvalue weighted by Crippen LogP contribution is 2.44. The number of aryl methyl sites for hydroxylation is 1. The third kappa shape index (κ3) is 4.42. The summed E-state index contributed by atoms with van der Waals surface area (Å²) in [6.45, 7) is 3.96. The van der Waals surface area contributed by atoms with Crippen LogP contribution in [0.3, 0.4) is 0 Å². The number of benzene rings is 2. The Kier molecular flexibility index (Phi) is 7.07. The molecule has 1 atom stereocenters. The second-order valence-corrected chi connectivity index (χ2v) is 8.78. The molecule has 0 bridgehead atoms. The molecule has 1 fully saturated rings. The van der Waals surface area contributed by atoms with Crippen molar-refractivity contribution in [2.75, 3.05) is 25.7 Å². The van der Waals surface area contributed by atoms with E-state index in [1.807, 2.05) is 6.92 Å². The number of aromatic nitrogens is 1. The predicted octanol–water partition coefficient (Wildman–Crippen LogP) is 4.27. The van der Waals surface area contributed by atoms with Crippen molar-refractivity contribution in [3.8, 4) is 11.5 Å².